The van der Waals surface area contributed by atoms with Crippen molar-refractivity contribution in [1.82, 2.24) is 20.5 Å². The van der Waals surface area contributed by atoms with Crippen LogP contribution in [0.2, 0.25) is 10.2 Å². The van der Waals surface area contributed by atoms with Gasteiger partial charge in [-0.15, -0.1) is 5.10 Å². The van der Waals surface area contributed by atoms with Gasteiger partial charge in [-0.2, -0.15) is 18.3 Å². The van der Waals surface area contributed by atoms with Crippen molar-refractivity contribution in [3.05, 3.63) is 58.0 Å². The van der Waals surface area contributed by atoms with E-state index in [1.807, 2.05) is 0 Å². The van der Waals surface area contributed by atoms with Gasteiger partial charge >= 0.3 is 6.18 Å². The van der Waals surface area contributed by atoms with Gasteiger partial charge in [0.05, 0.1) is 17.3 Å². The Bertz CT molecular complexity index is 1150. The van der Waals surface area contributed by atoms with Crippen LogP contribution in [0.4, 0.5) is 18.9 Å². The Morgan fingerprint density at radius 2 is 1.75 bits per heavy atom. The molecule has 32 heavy (non-hydrogen) atoms. The second-order valence-corrected chi connectivity index (χ2v) is 8.41. The summed E-state index contributed by atoms with van der Waals surface area (Å²) in [5.74, 6) is -0.328. The van der Waals surface area contributed by atoms with Crippen molar-refractivity contribution in [2.45, 2.75) is 43.9 Å². The summed E-state index contributed by atoms with van der Waals surface area (Å²) in [5.41, 5.74) is -0.150. The summed E-state index contributed by atoms with van der Waals surface area (Å²) in [5, 5.41) is 14.4. The maximum Gasteiger partial charge on any atom is 0.433 e. The number of anilines is 1. The van der Waals surface area contributed by atoms with Gasteiger partial charge in [-0.3, -0.25) is 4.79 Å². The minimum Gasteiger partial charge on any atom is -0.382 e. The van der Waals surface area contributed by atoms with E-state index in [0.29, 0.717) is 41.8 Å². The summed E-state index contributed by atoms with van der Waals surface area (Å²) in [7, 11) is 0. The zero-order valence-corrected chi connectivity index (χ0v) is 18.1. The molecule has 1 amide bonds. The van der Waals surface area contributed by atoms with Gasteiger partial charge in [0.15, 0.2) is 5.15 Å². The monoisotopic (exact) mass is 483 g/mol. The van der Waals surface area contributed by atoms with Crippen LogP contribution in [0.3, 0.4) is 0 Å². The van der Waals surface area contributed by atoms with Gasteiger partial charge in [0.25, 0.3) is 5.91 Å². The van der Waals surface area contributed by atoms with Gasteiger partial charge in [0.2, 0.25) is 0 Å². The van der Waals surface area contributed by atoms with Crippen molar-refractivity contribution >= 4 is 45.7 Å². The summed E-state index contributed by atoms with van der Waals surface area (Å²) in [6, 6.07) is 6.98. The maximum absolute atomic E-state index is 13.3. The molecule has 2 N–H and O–H groups in total. The summed E-state index contributed by atoms with van der Waals surface area (Å²) < 4.78 is 40.0. The highest BCUT2D eigenvalue weighted by atomic mass is 35.5. The highest BCUT2D eigenvalue weighted by Crippen LogP contribution is 2.35. The average Bonchev–Trinajstić information content (AvgIpc) is 2.75. The highest BCUT2D eigenvalue weighted by Gasteiger charge is 2.34. The minimum absolute atomic E-state index is 0.0315. The van der Waals surface area contributed by atoms with Crippen LogP contribution in [0.25, 0.3) is 10.9 Å². The molecule has 3 aromatic rings. The Hall–Kier alpha value is -2.65. The number of nitrogens with one attached hydrogen (secondary N) is 2. The van der Waals surface area contributed by atoms with Crippen LogP contribution in [0.15, 0.2) is 36.5 Å². The Morgan fingerprint density at radius 3 is 2.44 bits per heavy atom. The van der Waals surface area contributed by atoms with E-state index in [2.05, 4.69) is 25.8 Å². The zero-order chi connectivity index (χ0) is 22.9. The van der Waals surface area contributed by atoms with Gasteiger partial charge in [-0.1, -0.05) is 23.2 Å². The fourth-order valence-corrected chi connectivity index (χ4v) is 4.18. The third-order valence-electron chi connectivity index (χ3n) is 5.40. The lowest BCUT2D eigenvalue weighted by molar-refractivity contribution is -0.140. The number of nitrogens with zero attached hydrogens (tertiary/aromatic N) is 3. The van der Waals surface area contributed by atoms with E-state index in [1.54, 1.807) is 6.07 Å². The SMILES string of the molecule is O=C(NC1CCC(Nc2cc(C(F)(F)F)nc3ccc(Cl)cc23)CC1)c1ccnnc1Cl. The fourth-order valence-electron chi connectivity index (χ4n) is 3.81. The highest BCUT2D eigenvalue weighted by molar-refractivity contribution is 6.32. The number of alkyl halides is 3. The molecule has 4 rings (SSSR count). The number of hydrogen-bond acceptors (Lipinski definition) is 5. The number of carbonyl (C=O) groups excluding carboxylic acids is 1. The molecule has 1 saturated carbocycles. The van der Waals surface area contributed by atoms with Crippen molar-refractivity contribution in [3.8, 4) is 0 Å². The second kappa shape index (κ2) is 9.07. The van der Waals surface area contributed by atoms with Gasteiger partial charge in [0.1, 0.15) is 5.69 Å². The van der Waals surface area contributed by atoms with Crippen LogP contribution in [-0.4, -0.2) is 33.2 Å². The first-order valence-electron chi connectivity index (χ1n) is 9.93. The number of benzene rings is 1. The van der Waals surface area contributed by atoms with E-state index in [9.17, 15) is 18.0 Å². The van der Waals surface area contributed by atoms with Crippen LogP contribution in [0.1, 0.15) is 41.7 Å². The fraction of sp³-hybridized carbons (Fsp3) is 0.333. The van der Waals surface area contributed by atoms with Crippen LogP contribution in [-0.2, 0) is 6.18 Å². The van der Waals surface area contributed by atoms with Crippen LogP contribution < -0.4 is 10.6 Å². The smallest absolute Gasteiger partial charge is 0.382 e. The van der Waals surface area contributed by atoms with E-state index in [0.717, 1.165) is 6.07 Å². The number of fused-ring (bicyclic) bond motifs is 1. The number of halogens is 5. The molecule has 2 aromatic heterocycles. The van der Waals surface area contributed by atoms with Gasteiger partial charge < -0.3 is 10.6 Å². The molecule has 1 aromatic carbocycles. The first-order valence-corrected chi connectivity index (χ1v) is 10.7. The summed E-state index contributed by atoms with van der Waals surface area (Å²) in [6.45, 7) is 0. The van der Waals surface area contributed by atoms with E-state index in [4.69, 9.17) is 23.2 Å². The molecule has 0 aliphatic heterocycles. The summed E-state index contributed by atoms with van der Waals surface area (Å²) in [4.78, 5) is 16.1. The predicted octanol–water partition coefficient (Wildman–Crippen LogP) is 5.50. The largest absolute Gasteiger partial charge is 0.433 e. The molecule has 11 heteroatoms. The third-order valence-corrected chi connectivity index (χ3v) is 5.92. The van der Waals surface area contributed by atoms with Crippen molar-refractivity contribution in [2.75, 3.05) is 5.32 Å². The first-order chi connectivity index (χ1) is 15.2. The average molecular weight is 484 g/mol. The van der Waals surface area contributed by atoms with Crippen molar-refractivity contribution < 1.29 is 18.0 Å². The molecule has 1 fully saturated rings. The summed E-state index contributed by atoms with van der Waals surface area (Å²) >= 11 is 12.0. The normalized spacial score (nSPS) is 19.0. The Kier molecular flexibility index (Phi) is 6.39. The predicted molar refractivity (Wildman–Crippen MR) is 116 cm³/mol. The van der Waals surface area contributed by atoms with Crippen LogP contribution in [0, 0.1) is 0 Å². The van der Waals surface area contributed by atoms with E-state index >= 15 is 0 Å². The van der Waals surface area contributed by atoms with Gasteiger partial charge in [0, 0.05) is 28.2 Å². The molecule has 0 unspecified atom stereocenters. The first kappa shape index (κ1) is 22.5. The molecule has 2 heterocycles. The van der Waals surface area contributed by atoms with Crippen molar-refractivity contribution in [2.24, 2.45) is 0 Å². The molecule has 168 valence electrons. The number of aromatic nitrogens is 3. The molecule has 1 aliphatic carbocycles. The Balaban J connectivity index is 1.45. The zero-order valence-electron chi connectivity index (χ0n) is 16.6. The molecule has 6 nitrogen and oxygen atoms in total. The Morgan fingerprint density at radius 1 is 1.03 bits per heavy atom. The third kappa shape index (κ3) is 5.05. The topological polar surface area (TPSA) is 79.8 Å². The van der Waals surface area contributed by atoms with E-state index in [-0.39, 0.29) is 34.2 Å². The maximum atomic E-state index is 13.3. The molecule has 0 spiro atoms. The number of rotatable bonds is 4. The second-order valence-electron chi connectivity index (χ2n) is 7.62. The van der Waals surface area contributed by atoms with Crippen molar-refractivity contribution in [3.63, 3.8) is 0 Å². The van der Waals surface area contributed by atoms with E-state index < -0.39 is 11.9 Å². The minimum atomic E-state index is -4.56. The quantitative estimate of drug-likeness (QED) is 0.511. The molecular formula is C21H18Cl2F3N5O. The number of hydrogen-bond donors (Lipinski definition) is 2. The summed E-state index contributed by atoms with van der Waals surface area (Å²) in [6.07, 6.45) is -0.514. The molecular weight excluding hydrogens is 466 g/mol. The lowest BCUT2D eigenvalue weighted by Crippen LogP contribution is -2.40. The van der Waals surface area contributed by atoms with Gasteiger partial charge in [-0.25, -0.2) is 4.98 Å². The molecule has 0 atom stereocenters. The van der Waals surface area contributed by atoms with Crippen LogP contribution >= 0.6 is 23.2 Å². The molecule has 1 aliphatic rings. The lowest BCUT2D eigenvalue weighted by Gasteiger charge is -2.30. The van der Waals surface area contributed by atoms with Crippen molar-refractivity contribution in [1.29, 1.82) is 0 Å². The molecule has 0 saturated heterocycles. The number of amides is 1. The number of carbonyl (C=O) groups is 1. The Labute approximate surface area is 191 Å². The van der Waals surface area contributed by atoms with Crippen LogP contribution in [0.5, 0.6) is 0 Å². The standard InChI is InChI=1S/C21H18Cl2F3N5O/c22-11-1-6-16-15(9-11)17(10-18(30-16)21(24,25)26)28-12-2-4-13(5-3-12)29-20(32)14-7-8-27-31-19(14)23/h1,6-10,12-13H,2-5H2,(H,28,30)(H,29,32). The molecule has 0 bridgehead atoms. The van der Waals surface area contributed by atoms with Gasteiger partial charge in [-0.05, 0) is 56.0 Å². The lowest BCUT2D eigenvalue weighted by atomic mass is 9.90. The molecule has 0 radical (unpaired) electrons. The van der Waals surface area contributed by atoms with E-state index in [1.165, 1.54) is 24.4 Å². The number of pyridine rings is 1.